The Morgan fingerprint density at radius 2 is 1.82 bits per heavy atom. The maximum Gasteiger partial charge on any atom is 0.132 e. The number of benzene rings is 1. The van der Waals surface area contributed by atoms with Crippen molar-refractivity contribution in [2.24, 2.45) is 5.92 Å². The molecular formula is C16H22O. The summed E-state index contributed by atoms with van der Waals surface area (Å²) < 4.78 is 0. The normalized spacial score (nSPS) is 21.9. The van der Waals surface area contributed by atoms with Crippen LogP contribution in [0.1, 0.15) is 50.5 Å². The molecular weight excluding hydrogens is 208 g/mol. The third kappa shape index (κ3) is 4.33. The van der Waals surface area contributed by atoms with Crippen LogP contribution in [-0.4, -0.2) is 5.78 Å². The van der Waals surface area contributed by atoms with E-state index in [0.717, 1.165) is 31.6 Å². The third-order valence-electron chi connectivity index (χ3n) is 3.83. The predicted molar refractivity (Wildman–Crippen MR) is 71.0 cm³/mol. The van der Waals surface area contributed by atoms with Crippen molar-refractivity contribution < 1.29 is 4.79 Å². The second-order valence-electron chi connectivity index (χ2n) is 5.21. The molecule has 1 aromatic rings. The van der Waals surface area contributed by atoms with Gasteiger partial charge >= 0.3 is 0 Å². The molecule has 1 heteroatoms. The average molecular weight is 230 g/mol. The standard InChI is InChI=1S/C16H22O/c17-16-9-5-4-8-15(12-13-16)11-10-14-6-2-1-3-7-14/h1-3,6-7,15H,4-5,8-13H2. The first kappa shape index (κ1) is 12.3. The molecule has 0 spiro atoms. The molecule has 0 N–H and O–H groups in total. The molecule has 0 saturated heterocycles. The lowest BCUT2D eigenvalue weighted by Crippen LogP contribution is -2.10. The lowest BCUT2D eigenvalue weighted by Gasteiger charge is -2.19. The summed E-state index contributed by atoms with van der Waals surface area (Å²) in [6.07, 6.45) is 8.85. The van der Waals surface area contributed by atoms with Crippen LogP contribution in [0, 0.1) is 5.92 Å². The fourth-order valence-corrected chi connectivity index (χ4v) is 2.69. The van der Waals surface area contributed by atoms with Crippen molar-refractivity contribution in [2.45, 2.75) is 51.4 Å². The van der Waals surface area contributed by atoms with E-state index in [4.69, 9.17) is 0 Å². The predicted octanol–water partition coefficient (Wildman–Crippen LogP) is 4.16. The molecule has 0 bridgehead atoms. The van der Waals surface area contributed by atoms with Gasteiger partial charge in [0, 0.05) is 12.8 Å². The molecule has 17 heavy (non-hydrogen) atoms. The van der Waals surface area contributed by atoms with Gasteiger partial charge in [-0.05, 0) is 37.2 Å². The average Bonchev–Trinajstić information content (AvgIpc) is 2.35. The van der Waals surface area contributed by atoms with E-state index in [-0.39, 0.29) is 0 Å². The van der Waals surface area contributed by atoms with E-state index in [9.17, 15) is 4.79 Å². The second kappa shape index (κ2) is 6.58. The van der Waals surface area contributed by atoms with Crippen molar-refractivity contribution in [3.8, 4) is 0 Å². The fraction of sp³-hybridized carbons (Fsp3) is 0.562. The first-order valence-electron chi connectivity index (χ1n) is 6.90. The van der Waals surface area contributed by atoms with Gasteiger partial charge in [0.05, 0.1) is 0 Å². The van der Waals surface area contributed by atoms with Crippen LogP contribution < -0.4 is 0 Å². The van der Waals surface area contributed by atoms with Gasteiger partial charge in [-0.15, -0.1) is 0 Å². The van der Waals surface area contributed by atoms with Gasteiger partial charge in [0.1, 0.15) is 5.78 Å². The smallest absolute Gasteiger partial charge is 0.132 e. The Kier molecular flexibility index (Phi) is 4.78. The van der Waals surface area contributed by atoms with E-state index in [0.29, 0.717) is 5.78 Å². The van der Waals surface area contributed by atoms with Crippen molar-refractivity contribution in [3.63, 3.8) is 0 Å². The largest absolute Gasteiger partial charge is 0.300 e. The van der Waals surface area contributed by atoms with E-state index in [1.165, 1.54) is 31.2 Å². The maximum atomic E-state index is 11.5. The summed E-state index contributed by atoms with van der Waals surface area (Å²) in [5.41, 5.74) is 1.43. The molecule has 1 aliphatic carbocycles. The zero-order chi connectivity index (χ0) is 11.9. The minimum absolute atomic E-state index is 0.481. The summed E-state index contributed by atoms with van der Waals surface area (Å²) in [5.74, 6) is 1.24. The molecule has 1 atom stereocenters. The van der Waals surface area contributed by atoms with Crippen LogP contribution in [0.5, 0.6) is 0 Å². The summed E-state index contributed by atoms with van der Waals surface area (Å²) in [4.78, 5) is 11.5. The topological polar surface area (TPSA) is 17.1 Å². The van der Waals surface area contributed by atoms with E-state index >= 15 is 0 Å². The quantitative estimate of drug-likeness (QED) is 0.762. The molecule has 0 amide bonds. The van der Waals surface area contributed by atoms with Crippen molar-refractivity contribution in [2.75, 3.05) is 0 Å². The molecule has 1 fully saturated rings. The Labute approximate surface area is 104 Å². The van der Waals surface area contributed by atoms with Crippen LogP contribution in [0.3, 0.4) is 0 Å². The van der Waals surface area contributed by atoms with Gasteiger partial charge < -0.3 is 0 Å². The maximum absolute atomic E-state index is 11.5. The molecule has 2 rings (SSSR count). The van der Waals surface area contributed by atoms with Crippen LogP contribution in [-0.2, 0) is 11.2 Å². The Morgan fingerprint density at radius 1 is 1.00 bits per heavy atom. The molecule has 1 nitrogen and oxygen atoms in total. The molecule has 1 aliphatic rings. The summed E-state index contributed by atoms with van der Waals surface area (Å²) in [6.45, 7) is 0. The Morgan fingerprint density at radius 3 is 2.65 bits per heavy atom. The lowest BCUT2D eigenvalue weighted by molar-refractivity contribution is -0.119. The number of carbonyl (C=O) groups is 1. The van der Waals surface area contributed by atoms with Gasteiger partial charge in [0.25, 0.3) is 0 Å². The highest BCUT2D eigenvalue weighted by atomic mass is 16.1. The monoisotopic (exact) mass is 230 g/mol. The summed E-state index contributed by atoms with van der Waals surface area (Å²) in [7, 11) is 0. The minimum Gasteiger partial charge on any atom is -0.300 e. The van der Waals surface area contributed by atoms with Gasteiger partial charge in [0.15, 0.2) is 0 Å². The van der Waals surface area contributed by atoms with Gasteiger partial charge in [0.2, 0.25) is 0 Å². The van der Waals surface area contributed by atoms with Crippen molar-refractivity contribution in [3.05, 3.63) is 35.9 Å². The van der Waals surface area contributed by atoms with Gasteiger partial charge in [-0.1, -0.05) is 43.2 Å². The fourth-order valence-electron chi connectivity index (χ4n) is 2.69. The van der Waals surface area contributed by atoms with E-state index in [2.05, 4.69) is 30.3 Å². The van der Waals surface area contributed by atoms with Gasteiger partial charge in [-0.25, -0.2) is 0 Å². The summed E-state index contributed by atoms with van der Waals surface area (Å²) in [5, 5.41) is 0. The van der Waals surface area contributed by atoms with Crippen LogP contribution in [0.4, 0.5) is 0 Å². The van der Waals surface area contributed by atoms with Gasteiger partial charge in [-0.3, -0.25) is 4.79 Å². The Balaban J connectivity index is 1.79. The van der Waals surface area contributed by atoms with Crippen molar-refractivity contribution >= 4 is 5.78 Å². The number of hydrogen-bond acceptors (Lipinski definition) is 1. The van der Waals surface area contributed by atoms with Crippen LogP contribution in [0.15, 0.2) is 30.3 Å². The number of hydrogen-bond donors (Lipinski definition) is 0. The second-order valence-corrected chi connectivity index (χ2v) is 5.21. The summed E-state index contributed by atoms with van der Waals surface area (Å²) >= 11 is 0. The molecule has 0 radical (unpaired) electrons. The molecule has 0 aromatic heterocycles. The van der Waals surface area contributed by atoms with E-state index < -0.39 is 0 Å². The van der Waals surface area contributed by atoms with Crippen molar-refractivity contribution in [1.29, 1.82) is 0 Å². The van der Waals surface area contributed by atoms with Gasteiger partial charge in [-0.2, -0.15) is 0 Å². The number of ketones is 1. The third-order valence-corrected chi connectivity index (χ3v) is 3.83. The van der Waals surface area contributed by atoms with Crippen LogP contribution in [0.2, 0.25) is 0 Å². The molecule has 1 saturated carbocycles. The molecule has 92 valence electrons. The highest BCUT2D eigenvalue weighted by Gasteiger charge is 2.14. The van der Waals surface area contributed by atoms with E-state index in [1.54, 1.807) is 0 Å². The lowest BCUT2D eigenvalue weighted by atomic mass is 9.86. The number of rotatable bonds is 3. The highest BCUT2D eigenvalue weighted by molar-refractivity contribution is 5.78. The first-order chi connectivity index (χ1) is 8.34. The highest BCUT2D eigenvalue weighted by Crippen LogP contribution is 2.24. The summed E-state index contributed by atoms with van der Waals surface area (Å²) in [6, 6.07) is 10.7. The zero-order valence-corrected chi connectivity index (χ0v) is 10.5. The first-order valence-corrected chi connectivity index (χ1v) is 6.90. The molecule has 1 unspecified atom stereocenters. The van der Waals surface area contributed by atoms with Crippen molar-refractivity contribution in [1.82, 2.24) is 0 Å². The zero-order valence-electron chi connectivity index (χ0n) is 10.5. The number of carbonyl (C=O) groups excluding carboxylic acids is 1. The minimum atomic E-state index is 0.481. The SMILES string of the molecule is O=C1CCCCC(CCc2ccccc2)CC1. The Bertz CT molecular complexity index is 342. The molecule has 0 heterocycles. The Hall–Kier alpha value is -1.11. The number of aryl methyl sites for hydroxylation is 1. The van der Waals surface area contributed by atoms with Crippen LogP contribution >= 0.6 is 0 Å². The molecule has 0 aliphatic heterocycles. The number of Topliss-reactive ketones (excluding diaryl/α,β-unsaturated/α-hetero) is 1. The molecule has 1 aromatic carbocycles. The van der Waals surface area contributed by atoms with Crippen LogP contribution in [0.25, 0.3) is 0 Å². The van der Waals surface area contributed by atoms with E-state index in [1.807, 2.05) is 0 Å².